The van der Waals surface area contributed by atoms with E-state index in [0.717, 1.165) is 48.9 Å². The lowest BCUT2D eigenvalue weighted by Crippen LogP contribution is -2.30. The fraction of sp³-hybridized carbons (Fsp3) is 0.346. The zero-order chi connectivity index (χ0) is 29.7. The minimum atomic E-state index is -4.67. The Balaban J connectivity index is 0.000000367. The molecule has 1 aromatic carbocycles. The van der Waals surface area contributed by atoms with Gasteiger partial charge in [-0.3, -0.25) is 9.78 Å². The van der Waals surface area contributed by atoms with Crippen molar-refractivity contribution in [1.82, 2.24) is 25.0 Å². The Labute approximate surface area is 226 Å². The number of nitrogens with zero attached hydrogens (tertiary/aromatic N) is 5. The van der Waals surface area contributed by atoms with E-state index >= 15 is 0 Å². The van der Waals surface area contributed by atoms with Gasteiger partial charge in [-0.1, -0.05) is 19.3 Å². The highest BCUT2D eigenvalue weighted by Crippen LogP contribution is 2.33. The van der Waals surface area contributed by atoms with Gasteiger partial charge in [0.2, 0.25) is 0 Å². The summed E-state index contributed by atoms with van der Waals surface area (Å²) in [5, 5.41) is 10.9. The van der Waals surface area contributed by atoms with Gasteiger partial charge in [-0.05, 0) is 37.0 Å². The van der Waals surface area contributed by atoms with Crippen molar-refractivity contribution in [3.63, 3.8) is 0 Å². The van der Waals surface area contributed by atoms with Crippen LogP contribution in [0.25, 0.3) is 11.6 Å². The molecule has 0 spiro atoms. The molecular formula is C26H21F8N5O2. The van der Waals surface area contributed by atoms with Crippen molar-refractivity contribution in [3.8, 4) is 11.6 Å². The molecule has 15 heteroatoms. The highest BCUT2D eigenvalue weighted by molar-refractivity contribution is 5.47. The molecule has 41 heavy (non-hydrogen) atoms. The van der Waals surface area contributed by atoms with E-state index < -0.39 is 53.6 Å². The van der Waals surface area contributed by atoms with Crippen LogP contribution in [0.1, 0.15) is 67.2 Å². The van der Waals surface area contributed by atoms with Gasteiger partial charge in [-0.15, -0.1) is 10.2 Å². The first-order valence-electron chi connectivity index (χ1n) is 12.3. The maximum Gasteiger partial charge on any atom is 0.418 e. The SMILES string of the molecule is Fc1cc(F)cc(F)c1.O=c1c(C2CCCCC2)cc(-c2nnc(C(F)F)o2)nn1Cc1ncccc1C(F)(F)F. The van der Waals surface area contributed by atoms with E-state index in [2.05, 4.69) is 20.3 Å². The van der Waals surface area contributed by atoms with Crippen LogP contribution in [-0.2, 0) is 12.7 Å². The molecule has 0 N–H and O–H groups in total. The lowest BCUT2D eigenvalue weighted by atomic mass is 9.84. The minimum absolute atomic E-state index is 0.0611. The van der Waals surface area contributed by atoms with Gasteiger partial charge in [0.25, 0.3) is 17.3 Å². The Morgan fingerprint density at radius 1 is 0.951 bits per heavy atom. The van der Waals surface area contributed by atoms with Crippen LogP contribution in [0.4, 0.5) is 35.1 Å². The van der Waals surface area contributed by atoms with Crippen molar-refractivity contribution in [2.24, 2.45) is 0 Å². The second kappa shape index (κ2) is 12.6. The lowest BCUT2D eigenvalue weighted by molar-refractivity contribution is -0.138. The molecule has 0 atom stereocenters. The quantitative estimate of drug-likeness (QED) is 0.238. The first kappa shape index (κ1) is 29.8. The van der Waals surface area contributed by atoms with Crippen LogP contribution in [0.2, 0.25) is 0 Å². The van der Waals surface area contributed by atoms with Crippen molar-refractivity contribution in [1.29, 1.82) is 0 Å². The number of pyridine rings is 1. The number of benzene rings is 1. The average Bonchev–Trinajstić information content (AvgIpc) is 3.41. The molecule has 3 aromatic heterocycles. The van der Waals surface area contributed by atoms with Gasteiger partial charge in [-0.25, -0.2) is 17.9 Å². The third kappa shape index (κ3) is 7.52. The highest BCUT2D eigenvalue weighted by Gasteiger charge is 2.34. The van der Waals surface area contributed by atoms with Crippen LogP contribution in [-0.4, -0.2) is 25.0 Å². The predicted molar refractivity (Wildman–Crippen MR) is 127 cm³/mol. The number of alkyl halides is 5. The smallest absolute Gasteiger partial charge is 0.413 e. The van der Waals surface area contributed by atoms with Crippen molar-refractivity contribution in [2.75, 3.05) is 0 Å². The van der Waals surface area contributed by atoms with E-state index in [-0.39, 0.29) is 23.2 Å². The Kier molecular flexibility index (Phi) is 9.13. The van der Waals surface area contributed by atoms with Gasteiger partial charge >= 0.3 is 12.6 Å². The Bertz CT molecular complexity index is 1500. The molecule has 1 saturated carbocycles. The zero-order valence-corrected chi connectivity index (χ0v) is 21.0. The van der Waals surface area contributed by atoms with Crippen molar-refractivity contribution < 1.29 is 39.5 Å². The topological polar surface area (TPSA) is 86.7 Å². The van der Waals surface area contributed by atoms with Crippen LogP contribution in [0.3, 0.4) is 0 Å². The summed E-state index contributed by atoms with van der Waals surface area (Å²) in [5.74, 6) is -4.08. The van der Waals surface area contributed by atoms with E-state index in [9.17, 15) is 39.9 Å². The number of hydrogen-bond acceptors (Lipinski definition) is 6. The van der Waals surface area contributed by atoms with E-state index in [1.54, 1.807) is 0 Å². The molecule has 5 rings (SSSR count). The van der Waals surface area contributed by atoms with Crippen LogP contribution >= 0.6 is 0 Å². The molecular weight excluding hydrogens is 566 g/mol. The summed E-state index contributed by atoms with van der Waals surface area (Å²) in [4.78, 5) is 16.9. The largest absolute Gasteiger partial charge is 0.418 e. The number of aromatic nitrogens is 5. The summed E-state index contributed by atoms with van der Waals surface area (Å²) in [6.07, 6.45) is -2.21. The van der Waals surface area contributed by atoms with Crippen LogP contribution in [0.15, 0.2) is 51.8 Å². The van der Waals surface area contributed by atoms with Gasteiger partial charge in [-0.2, -0.15) is 27.1 Å². The molecule has 0 aliphatic heterocycles. The first-order chi connectivity index (χ1) is 19.4. The summed E-state index contributed by atoms with van der Waals surface area (Å²) in [7, 11) is 0. The van der Waals surface area contributed by atoms with E-state index in [4.69, 9.17) is 4.42 Å². The number of halogens is 8. The minimum Gasteiger partial charge on any atom is -0.413 e. The fourth-order valence-electron chi connectivity index (χ4n) is 4.39. The van der Waals surface area contributed by atoms with Gasteiger partial charge in [0, 0.05) is 30.0 Å². The molecule has 0 saturated heterocycles. The van der Waals surface area contributed by atoms with E-state index in [0.29, 0.717) is 23.8 Å². The van der Waals surface area contributed by atoms with E-state index in [1.807, 2.05) is 0 Å². The Morgan fingerprint density at radius 3 is 2.15 bits per heavy atom. The molecule has 7 nitrogen and oxygen atoms in total. The van der Waals surface area contributed by atoms with Crippen LogP contribution in [0, 0.1) is 17.5 Å². The molecule has 1 fully saturated rings. The number of rotatable bonds is 5. The third-order valence-electron chi connectivity index (χ3n) is 6.22. The van der Waals surface area contributed by atoms with Gasteiger partial charge < -0.3 is 4.42 Å². The third-order valence-corrected chi connectivity index (χ3v) is 6.22. The highest BCUT2D eigenvalue weighted by atomic mass is 19.4. The number of hydrogen-bond donors (Lipinski definition) is 0. The van der Waals surface area contributed by atoms with Crippen LogP contribution in [0.5, 0.6) is 0 Å². The van der Waals surface area contributed by atoms with Crippen molar-refractivity contribution in [3.05, 3.63) is 93.1 Å². The molecule has 218 valence electrons. The van der Waals surface area contributed by atoms with Gasteiger partial charge in [0.1, 0.15) is 23.1 Å². The molecule has 1 aliphatic rings. The summed E-state index contributed by atoms with van der Waals surface area (Å²) in [6.45, 7) is -0.558. The van der Waals surface area contributed by atoms with E-state index in [1.165, 1.54) is 12.3 Å². The van der Waals surface area contributed by atoms with Crippen molar-refractivity contribution in [2.45, 2.75) is 57.2 Å². The second-order valence-corrected chi connectivity index (χ2v) is 9.11. The molecule has 3 heterocycles. The maximum atomic E-state index is 13.4. The average molecular weight is 587 g/mol. The van der Waals surface area contributed by atoms with Gasteiger partial charge in [0.05, 0.1) is 17.8 Å². The molecule has 0 bridgehead atoms. The Hall–Kier alpha value is -4.17. The lowest BCUT2D eigenvalue weighted by Gasteiger charge is -2.22. The normalized spacial score (nSPS) is 14.2. The summed E-state index contributed by atoms with van der Waals surface area (Å²) in [6, 6.07) is 5.26. The molecule has 0 unspecified atom stereocenters. The standard InChI is InChI=1S/C20H18F5N5O2.C6H3F3/c21-16(22)18-28-27-17(32-18)14-9-12(11-5-2-1-3-6-11)19(31)30(29-14)10-15-13(20(23,24)25)7-4-8-26-15;7-4-1-5(8)3-6(9)2-4/h4,7-9,11,16H,1-3,5-6,10H2;1-3H. The van der Waals surface area contributed by atoms with Crippen molar-refractivity contribution >= 4 is 0 Å². The summed E-state index contributed by atoms with van der Waals surface area (Å²) in [5.41, 5.74) is -1.67. The van der Waals surface area contributed by atoms with Gasteiger partial charge in [0.15, 0.2) is 0 Å². The summed E-state index contributed by atoms with van der Waals surface area (Å²) < 4.78 is 108. The van der Waals surface area contributed by atoms with Crippen LogP contribution < -0.4 is 5.56 Å². The Morgan fingerprint density at radius 2 is 1.59 bits per heavy atom. The molecule has 0 radical (unpaired) electrons. The molecule has 1 aliphatic carbocycles. The fourth-order valence-corrected chi connectivity index (χ4v) is 4.39. The first-order valence-corrected chi connectivity index (χ1v) is 12.3. The molecule has 0 amide bonds. The predicted octanol–water partition coefficient (Wildman–Crippen LogP) is 6.84. The maximum absolute atomic E-state index is 13.4. The molecule has 4 aromatic rings. The summed E-state index contributed by atoms with van der Waals surface area (Å²) >= 11 is 0. The zero-order valence-electron chi connectivity index (χ0n) is 21.0. The monoisotopic (exact) mass is 587 g/mol. The second-order valence-electron chi connectivity index (χ2n) is 9.11.